The van der Waals surface area contributed by atoms with Crippen LogP contribution in [0.25, 0.3) is 0 Å². The molecule has 0 bridgehead atoms. The van der Waals surface area contributed by atoms with Gasteiger partial charge in [-0.25, -0.2) is 0 Å². The first-order chi connectivity index (χ1) is 14.5. The number of rotatable bonds is 12. The van der Waals surface area contributed by atoms with E-state index in [1.807, 2.05) is 24.3 Å². The third-order valence-corrected chi connectivity index (χ3v) is 4.60. The van der Waals surface area contributed by atoms with Gasteiger partial charge in [-0.15, -0.1) is 24.0 Å². The van der Waals surface area contributed by atoms with E-state index in [9.17, 15) is 0 Å². The SMILES string of the molecule is CN=C(NCc1cccc(OCCN(C)CCOC)c1)NCc1cc(C(C)C)no1.I. The highest BCUT2D eigenvalue weighted by Gasteiger charge is 2.08. The molecule has 0 unspecified atom stereocenters. The Kier molecular flexibility index (Phi) is 13.2. The van der Waals surface area contributed by atoms with Gasteiger partial charge in [0.1, 0.15) is 12.4 Å². The number of aromatic nitrogens is 1. The molecule has 9 heteroatoms. The monoisotopic (exact) mass is 545 g/mol. The highest BCUT2D eigenvalue weighted by molar-refractivity contribution is 14.0. The van der Waals surface area contributed by atoms with E-state index >= 15 is 0 Å². The van der Waals surface area contributed by atoms with Gasteiger partial charge in [-0.1, -0.05) is 31.1 Å². The molecule has 1 aromatic heterocycles. The van der Waals surface area contributed by atoms with Crippen molar-refractivity contribution in [2.75, 3.05) is 47.5 Å². The fourth-order valence-electron chi connectivity index (χ4n) is 2.69. The molecule has 0 saturated carbocycles. The van der Waals surface area contributed by atoms with Crippen molar-refractivity contribution in [1.29, 1.82) is 0 Å². The summed E-state index contributed by atoms with van der Waals surface area (Å²) >= 11 is 0. The Balaban J connectivity index is 0.00000480. The predicted molar refractivity (Wildman–Crippen MR) is 134 cm³/mol. The summed E-state index contributed by atoms with van der Waals surface area (Å²) in [4.78, 5) is 6.45. The Bertz CT molecular complexity index is 782. The normalized spacial score (nSPS) is 11.5. The number of guanidine groups is 1. The van der Waals surface area contributed by atoms with Gasteiger partial charge in [0.25, 0.3) is 0 Å². The van der Waals surface area contributed by atoms with Gasteiger partial charge < -0.3 is 29.5 Å². The summed E-state index contributed by atoms with van der Waals surface area (Å²) in [5.41, 5.74) is 2.07. The maximum absolute atomic E-state index is 5.88. The largest absolute Gasteiger partial charge is 0.492 e. The van der Waals surface area contributed by atoms with Gasteiger partial charge >= 0.3 is 0 Å². The maximum Gasteiger partial charge on any atom is 0.191 e. The molecule has 2 aromatic rings. The lowest BCUT2D eigenvalue weighted by Crippen LogP contribution is -2.36. The number of halogens is 1. The van der Waals surface area contributed by atoms with Crippen molar-refractivity contribution in [1.82, 2.24) is 20.7 Å². The van der Waals surface area contributed by atoms with Crippen LogP contribution in [-0.4, -0.2) is 63.5 Å². The zero-order chi connectivity index (χ0) is 21.8. The average molecular weight is 545 g/mol. The van der Waals surface area contributed by atoms with Crippen molar-refractivity contribution < 1.29 is 14.0 Å². The molecular formula is C22H36IN5O3. The molecule has 0 aliphatic rings. The molecule has 0 atom stereocenters. The molecule has 0 aliphatic heterocycles. The molecule has 31 heavy (non-hydrogen) atoms. The molecule has 2 N–H and O–H groups in total. The summed E-state index contributed by atoms with van der Waals surface area (Å²) in [7, 11) is 5.52. The summed E-state index contributed by atoms with van der Waals surface area (Å²) in [5.74, 6) is 2.69. The van der Waals surface area contributed by atoms with Crippen LogP contribution in [0.3, 0.4) is 0 Å². The standard InChI is InChI=1S/C22H35N5O3.HI/c1-17(2)21-14-20(30-26-21)16-25-22(23-3)24-15-18-7-6-8-19(13-18)29-12-10-27(4)9-11-28-5;/h6-8,13-14,17H,9-12,15-16H2,1-5H3,(H2,23,24,25);1H. The van der Waals surface area contributed by atoms with Crippen molar-refractivity contribution in [2.24, 2.45) is 4.99 Å². The lowest BCUT2D eigenvalue weighted by molar-refractivity contribution is 0.150. The van der Waals surface area contributed by atoms with Gasteiger partial charge in [0.15, 0.2) is 11.7 Å². The summed E-state index contributed by atoms with van der Waals surface area (Å²) in [5, 5.41) is 10.6. The quantitative estimate of drug-likeness (QED) is 0.241. The summed E-state index contributed by atoms with van der Waals surface area (Å²) in [6, 6.07) is 10.0. The molecule has 0 amide bonds. The fraction of sp³-hybridized carbons (Fsp3) is 0.545. The molecule has 1 aromatic carbocycles. The van der Waals surface area contributed by atoms with Crippen LogP contribution in [0.2, 0.25) is 0 Å². The van der Waals surface area contributed by atoms with E-state index in [1.54, 1.807) is 14.2 Å². The number of methoxy groups -OCH3 is 1. The molecule has 0 aliphatic carbocycles. The lowest BCUT2D eigenvalue weighted by atomic mass is 10.1. The summed E-state index contributed by atoms with van der Waals surface area (Å²) in [6.07, 6.45) is 0. The Labute approximate surface area is 202 Å². The molecular weight excluding hydrogens is 509 g/mol. The number of likely N-dealkylation sites (N-methyl/N-ethyl adjacent to an activating group) is 1. The van der Waals surface area contributed by atoms with Gasteiger partial charge in [0, 0.05) is 39.9 Å². The van der Waals surface area contributed by atoms with Crippen LogP contribution < -0.4 is 15.4 Å². The number of benzene rings is 1. The molecule has 0 spiro atoms. The van der Waals surface area contributed by atoms with Crippen LogP contribution in [0.5, 0.6) is 5.75 Å². The van der Waals surface area contributed by atoms with Crippen molar-refractivity contribution in [3.05, 3.63) is 47.3 Å². The second-order valence-electron chi connectivity index (χ2n) is 7.44. The molecule has 174 valence electrons. The number of hydrogen-bond donors (Lipinski definition) is 2. The van der Waals surface area contributed by atoms with E-state index < -0.39 is 0 Å². The lowest BCUT2D eigenvalue weighted by Gasteiger charge is -2.16. The maximum atomic E-state index is 5.88. The zero-order valence-corrected chi connectivity index (χ0v) is 21.5. The van der Waals surface area contributed by atoms with Gasteiger partial charge in [-0.3, -0.25) is 4.99 Å². The van der Waals surface area contributed by atoms with Crippen LogP contribution in [-0.2, 0) is 17.8 Å². The average Bonchev–Trinajstić information content (AvgIpc) is 3.22. The van der Waals surface area contributed by atoms with Crippen LogP contribution in [0, 0.1) is 0 Å². The smallest absolute Gasteiger partial charge is 0.191 e. The Morgan fingerprint density at radius 3 is 2.58 bits per heavy atom. The third-order valence-electron chi connectivity index (χ3n) is 4.60. The van der Waals surface area contributed by atoms with Crippen molar-refractivity contribution in [3.63, 3.8) is 0 Å². The minimum atomic E-state index is 0. The molecule has 0 radical (unpaired) electrons. The van der Waals surface area contributed by atoms with Crippen LogP contribution in [0.4, 0.5) is 0 Å². The number of nitrogens with one attached hydrogen (secondary N) is 2. The van der Waals surface area contributed by atoms with E-state index in [1.165, 1.54) is 0 Å². The first kappa shape index (κ1) is 27.2. The third kappa shape index (κ3) is 10.3. The Morgan fingerprint density at radius 1 is 1.16 bits per heavy atom. The van der Waals surface area contributed by atoms with Crippen LogP contribution in [0.1, 0.15) is 36.8 Å². The summed E-state index contributed by atoms with van der Waals surface area (Å²) < 4.78 is 16.3. The number of hydrogen-bond acceptors (Lipinski definition) is 6. The second kappa shape index (κ2) is 15.0. The van der Waals surface area contributed by atoms with E-state index in [-0.39, 0.29) is 24.0 Å². The van der Waals surface area contributed by atoms with E-state index in [0.29, 0.717) is 31.6 Å². The summed E-state index contributed by atoms with van der Waals surface area (Å²) in [6.45, 7) is 8.45. The minimum Gasteiger partial charge on any atom is -0.492 e. The van der Waals surface area contributed by atoms with Gasteiger partial charge in [-0.2, -0.15) is 0 Å². The Morgan fingerprint density at radius 2 is 1.90 bits per heavy atom. The molecule has 0 fully saturated rings. The molecule has 0 saturated heterocycles. The fourth-order valence-corrected chi connectivity index (χ4v) is 2.69. The number of aliphatic imine (C=N–C) groups is 1. The highest BCUT2D eigenvalue weighted by Crippen LogP contribution is 2.14. The van der Waals surface area contributed by atoms with Crippen LogP contribution >= 0.6 is 24.0 Å². The van der Waals surface area contributed by atoms with Gasteiger partial charge in [0.05, 0.1) is 18.8 Å². The highest BCUT2D eigenvalue weighted by atomic mass is 127. The molecule has 2 rings (SSSR count). The first-order valence-electron chi connectivity index (χ1n) is 10.3. The topological polar surface area (TPSA) is 84.2 Å². The first-order valence-corrected chi connectivity index (χ1v) is 10.3. The molecule has 1 heterocycles. The van der Waals surface area contributed by atoms with Crippen LogP contribution in [0.15, 0.2) is 39.8 Å². The zero-order valence-electron chi connectivity index (χ0n) is 19.2. The van der Waals surface area contributed by atoms with E-state index in [0.717, 1.165) is 42.5 Å². The Hall–Kier alpha value is -1.85. The van der Waals surface area contributed by atoms with E-state index in [4.69, 9.17) is 14.0 Å². The van der Waals surface area contributed by atoms with Crippen molar-refractivity contribution >= 4 is 29.9 Å². The van der Waals surface area contributed by atoms with E-state index in [2.05, 4.69) is 52.6 Å². The van der Waals surface area contributed by atoms with Crippen molar-refractivity contribution in [2.45, 2.75) is 32.9 Å². The number of ether oxygens (including phenoxy) is 2. The van der Waals surface area contributed by atoms with Crippen molar-refractivity contribution in [3.8, 4) is 5.75 Å². The second-order valence-corrected chi connectivity index (χ2v) is 7.44. The molecule has 8 nitrogen and oxygen atoms in total. The number of nitrogens with zero attached hydrogens (tertiary/aromatic N) is 3. The van der Waals surface area contributed by atoms with Gasteiger partial charge in [0.2, 0.25) is 0 Å². The van der Waals surface area contributed by atoms with Gasteiger partial charge in [-0.05, 0) is 30.7 Å². The predicted octanol–water partition coefficient (Wildman–Crippen LogP) is 3.24. The minimum absolute atomic E-state index is 0.